The van der Waals surface area contributed by atoms with E-state index in [4.69, 9.17) is 4.98 Å². The van der Waals surface area contributed by atoms with E-state index in [9.17, 15) is 0 Å². The molecule has 2 heterocycles. The fraction of sp³-hybridized carbons (Fsp3) is 0.800. The van der Waals surface area contributed by atoms with E-state index in [0.29, 0.717) is 18.1 Å². The van der Waals surface area contributed by atoms with Gasteiger partial charge < -0.3 is 10.2 Å². The van der Waals surface area contributed by atoms with E-state index >= 15 is 0 Å². The van der Waals surface area contributed by atoms with Crippen LogP contribution in [0.3, 0.4) is 0 Å². The van der Waals surface area contributed by atoms with Crippen LogP contribution in [0, 0.1) is 0 Å². The number of hydrogen-bond acceptors (Lipinski definition) is 5. The predicted octanol–water partition coefficient (Wildman–Crippen LogP) is 2.73. The minimum Gasteiger partial charge on any atom is -0.345 e. The summed E-state index contributed by atoms with van der Waals surface area (Å²) in [6, 6.07) is 1.52. The second-order valence-electron chi connectivity index (χ2n) is 6.00. The number of nitrogens with one attached hydrogen (secondary N) is 1. The Morgan fingerprint density at radius 3 is 2.65 bits per heavy atom. The van der Waals surface area contributed by atoms with Crippen molar-refractivity contribution >= 4 is 16.5 Å². The molecule has 1 aliphatic heterocycles. The summed E-state index contributed by atoms with van der Waals surface area (Å²) >= 11 is 1.78. The summed E-state index contributed by atoms with van der Waals surface area (Å²) in [5.41, 5.74) is 1.18. The lowest BCUT2D eigenvalue weighted by Gasteiger charge is -2.42. The summed E-state index contributed by atoms with van der Waals surface area (Å²) in [6.07, 6.45) is 1.16. The Morgan fingerprint density at radius 2 is 2.05 bits per heavy atom. The van der Waals surface area contributed by atoms with Crippen LogP contribution in [0.5, 0.6) is 0 Å². The van der Waals surface area contributed by atoms with E-state index in [2.05, 4.69) is 55.2 Å². The van der Waals surface area contributed by atoms with Crippen molar-refractivity contribution in [1.82, 2.24) is 15.2 Å². The van der Waals surface area contributed by atoms with Crippen molar-refractivity contribution < 1.29 is 0 Å². The second kappa shape index (κ2) is 6.87. The quantitative estimate of drug-likeness (QED) is 0.905. The maximum atomic E-state index is 4.84. The average Bonchev–Trinajstić information content (AvgIpc) is 2.91. The summed E-state index contributed by atoms with van der Waals surface area (Å²) in [4.78, 5) is 9.74. The highest BCUT2D eigenvalue weighted by molar-refractivity contribution is 7.13. The molecule has 1 N–H and O–H groups in total. The van der Waals surface area contributed by atoms with Crippen molar-refractivity contribution in [3.8, 4) is 0 Å². The van der Waals surface area contributed by atoms with Crippen molar-refractivity contribution in [1.29, 1.82) is 0 Å². The summed E-state index contributed by atoms with van der Waals surface area (Å²) in [7, 11) is 2.22. The molecule has 1 aliphatic rings. The van der Waals surface area contributed by atoms with Crippen molar-refractivity contribution in [3.63, 3.8) is 0 Å². The summed E-state index contributed by atoms with van der Waals surface area (Å²) < 4.78 is 0. The van der Waals surface area contributed by atoms with Crippen molar-refractivity contribution in [3.05, 3.63) is 11.1 Å². The first-order valence-electron chi connectivity index (χ1n) is 7.68. The minimum absolute atomic E-state index is 0.349. The van der Waals surface area contributed by atoms with Gasteiger partial charge in [0.15, 0.2) is 5.13 Å². The van der Waals surface area contributed by atoms with Crippen LogP contribution in [0.1, 0.15) is 45.9 Å². The lowest BCUT2D eigenvalue weighted by molar-refractivity contribution is 0.170. The first kappa shape index (κ1) is 15.7. The molecule has 0 spiro atoms. The molecule has 0 bridgehead atoms. The molecule has 0 aromatic carbocycles. The highest BCUT2D eigenvalue weighted by Gasteiger charge is 2.28. The highest BCUT2D eigenvalue weighted by atomic mass is 32.1. The van der Waals surface area contributed by atoms with Gasteiger partial charge in [-0.05, 0) is 40.8 Å². The molecule has 4 nitrogen and oxygen atoms in total. The van der Waals surface area contributed by atoms with Crippen LogP contribution >= 0.6 is 11.3 Å². The largest absolute Gasteiger partial charge is 0.345 e. The highest BCUT2D eigenvalue weighted by Crippen LogP contribution is 2.27. The zero-order valence-electron chi connectivity index (χ0n) is 13.4. The molecule has 1 saturated heterocycles. The minimum atomic E-state index is 0.349. The first-order valence-corrected chi connectivity index (χ1v) is 8.56. The monoisotopic (exact) mass is 296 g/mol. The number of piperazine rings is 1. The van der Waals surface area contributed by atoms with E-state index in [1.807, 2.05) is 0 Å². The first-order chi connectivity index (χ1) is 9.52. The fourth-order valence-electron chi connectivity index (χ4n) is 2.65. The van der Waals surface area contributed by atoms with Gasteiger partial charge in [-0.1, -0.05) is 6.92 Å². The summed E-state index contributed by atoms with van der Waals surface area (Å²) in [5.74, 6) is 0. The van der Waals surface area contributed by atoms with Crippen molar-refractivity contribution in [2.75, 3.05) is 31.6 Å². The lowest BCUT2D eigenvalue weighted by atomic mass is 10.1. The van der Waals surface area contributed by atoms with Gasteiger partial charge in [0.05, 0.1) is 5.69 Å². The molecular weight excluding hydrogens is 268 g/mol. The third-order valence-corrected chi connectivity index (χ3v) is 5.20. The number of rotatable bonds is 5. The molecule has 114 valence electrons. The zero-order chi connectivity index (χ0) is 14.7. The molecule has 0 aliphatic carbocycles. The van der Waals surface area contributed by atoms with Crippen LogP contribution in [-0.4, -0.2) is 48.6 Å². The molecule has 1 fully saturated rings. The summed E-state index contributed by atoms with van der Waals surface area (Å²) in [6.45, 7) is 12.2. The van der Waals surface area contributed by atoms with Crippen LogP contribution < -0.4 is 10.2 Å². The number of anilines is 1. The number of hydrogen-bond donors (Lipinski definition) is 1. The molecular formula is C15H28N4S. The maximum Gasteiger partial charge on any atom is 0.185 e. The van der Waals surface area contributed by atoms with Crippen LogP contribution in [-0.2, 0) is 0 Å². The van der Waals surface area contributed by atoms with Gasteiger partial charge in [-0.2, -0.15) is 0 Å². The molecule has 0 amide bonds. The Hall–Kier alpha value is -0.650. The van der Waals surface area contributed by atoms with Gasteiger partial charge in [-0.3, -0.25) is 4.90 Å². The Kier molecular flexibility index (Phi) is 5.41. The molecule has 0 radical (unpaired) electrons. The number of thiazole rings is 1. The predicted molar refractivity (Wildman–Crippen MR) is 87.7 cm³/mol. The van der Waals surface area contributed by atoms with Gasteiger partial charge in [-0.25, -0.2) is 4.98 Å². The molecule has 5 heteroatoms. The van der Waals surface area contributed by atoms with Gasteiger partial charge in [0.2, 0.25) is 0 Å². The standard InChI is InChI=1S/C15H28N4S/c1-6-7-16-13(4)14-10-20-15(17-14)19-8-11(2)18(5)12(3)9-19/h10-13,16H,6-9H2,1-5H3. The topological polar surface area (TPSA) is 31.4 Å². The fourth-order valence-corrected chi connectivity index (χ4v) is 3.59. The van der Waals surface area contributed by atoms with E-state index in [0.717, 1.165) is 26.1 Å². The van der Waals surface area contributed by atoms with Gasteiger partial charge in [0, 0.05) is 36.6 Å². The third kappa shape index (κ3) is 3.51. The van der Waals surface area contributed by atoms with E-state index in [1.54, 1.807) is 11.3 Å². The molecule has 3 atom stereocenters. The van der Waals surface area contributed by atoms with Gasteiger partial charge in [-0.15, -0.1) is 11.3 Å². The SMILES string of the molecule is CCCNC(C)c1csc(N2CC(C)N(C)C(C)C2)n1. The average molecular weight is 296 g/mol. The van der Waals surface area contributed by atoms with Crippen LogP contribution in [0.25, 0.3) is 0 Å². The van der Waals surface area contributed by atoms with E-state index in [1.165, 1.54) is 10.8 Å². The Morgan fingerprint density at radius 1 is 1.40 bits per heavy atom. The Balaban J connectivity index is 2.01. The second-order valence-corrected chi connectivity index (χ2v) is 6.84. The molecule has 1 aromatic rings. The number of aromatic nitrogens is 1. The van der Waals surface area contributed by atoms with Crippen LogP contribution in [0.2, 0.25) is 0 Å². The van der Waals surface area contributed by atoms with Crippen LogP contribution in [0.4, 0.5) is 5.13 Å². The van der Waals surface area contributed by atoms with Crippen LogP contribution in [0.15, 0.2) is 5.38 Å². The molecule has 2 rings (SSSR count). The van der Waals surface area contributed by atoms with Crippen molar-refractivity contribution in [2.24, 2.45) is 0 Å². The van der Waals surface area contributed by atoms with Gasteiger partial charge in [0.1, 0.15) is 0 Å². The van der Waals surface area contributed by atoms with E-state index in [-0.39, 0.29) is 0 Å². The Labute approximate surface area is 127 Å². The maximum absolute atomic E-state index is 4.84. The zero-order valence-corrected chi connectivity index (χ0v) is 14.2. The lowest BCUT2D eigenvalue weighted by Crippen LogP contribution is -2.55. The molecule has 3 unspecified atom stereocenters. The van der Waals surface area contributed by atoms with E-state index < -0.39 is 0 Å². The third-order valence-electron chi connectivity index (χ3n) is 4.28. The van der Waals surface area contributed by atoms with Gasteiger partial charge in [0.25, 0.3) is 0 Å². The van der Waals surface area contributed by atoms with Gasteiger partial charge >= 0.3 is 0 Å². The molecule has 20 heavy (non-hydrogen) atoms. The number of likely N-dealkylation sites (N-methyl/N-ethyl adjacent to an activating group) is 1. The smallest absolute Gasteiger partial charge is 0.185 e. The summed E-state index contributed by atoms with van der Waals surface area (Å²) in [5, 5.41) is 6.89. The molecule has 0 saturated carbocycles. The normalized spacial score (nSPS) is 25.9. The Bertz CT molecular complexity index is 408. The van der Waals surface area contributed by atoms with Crippen molar-refractivity contribution in [2.45, 2.75) is 52.2 Å². The molecule has 1 aromatic heterocycles. The number of nitrogens with zero attached hydrogens (tertiary/aromatic N) is 3.